The number of carboxylic acids is 1. The fourth-order valence-electron chi connectivity index (χ4n) is 3.09. The first-order valence-corrected chi connectivity index (χ1v) is 8.42. The predicted octanol–water partition coefficient (Wildman–Crippen LogP) is 2.33. The molecule has 8 heteroatoms. The van der Waals surface area contributed by atoms with Crippen molar-refractivity contribution in [2.75, 3.05) is 11.4 Å². The molecule has 0 radical (unpaired) electrons. The second-order valence-electron chi connectivity index (χ2n) is 6.14. The SMILES string of the molecule is O=C(O)C1CC(NC(=O)C2CCN(c3cc(Cl)ccc3Cl)C2=O)C1. The lowest BCUT2D eigenvalue weighted by atomic mass is 9.80. The average molecular weight is 371 g/mol. The molecule has 1 heterocycles. The molecule has 2 amide bonds. The first kappa shape index (κ1) is 17.0. The summed E-state index contributed by atoms with van der Waals surface area (Å²) in [6.45, 7) is 0.388. The number of carboxylic acid groups (broad SMARTS) is 1. The molecule has 24 heavy (non-hydrogen) atoms. The van der Waals surface area contributed by atoms with E-state index < -0.39 is 17.8 Å². The standard InChI is InChI=1S/C16H16Cl2N2O4/c17-9-1-2-12(18)13(7-9)20-4-3-11(15(20)22)14(21)19-10-5-8(6-10)16(23)24/h1-2,7-8,10-11H,3-6H2,(H,19,21)(H,23,24). The van der Waals surface area contributed by atoms with Crippen molar-refractivity contribution >= 4 is 46.7 Å². The van der Waals surface area contributed by atoms with Gasteiger partial charge in [-0.3, -0.25) is 14.4 Å². The second-order valence-corrected chi connectivity index (χ2v) is 6.98. The molecule has 0 aromatic heterocycles. The quantitative estimate of drug-likeness (QED) is 0.796. The van der Waals surface area contributed by atoms with Crippen molar-refractivity contribution in [3.63, 3.8) is 0 Å². The molecule has 128 valence electrons. The molecule has 2 N–H and O–H groups in total. The zero-order valence-electron chi connectivity index (χ0n) is 12.7. The van der Waals surface area contributed by atoms with Gasteiger partial charge in [0.1, 0.15) is 5.92 Å². The Bertz CT molecular complexity index is 703. The lowest BCUT2D eigenvalue weighted by Gasteiger charge is -2.33. The van der Waals surface area contributed by atoms with Gasteiger partial charge in [-0.15, -0.1) is 0 Å². The van der Waals surface area contributed by atoms with E-state index in [4.69, 9.17) is 28.3 Å². The van der Waals surface area contributed by atoms with Gasteiger partial charge in [-0.25, -0.2) is 0 Å². The van der Waals surface area contributed by atoms with Crippen LogP contribution < -0.4 is 10.2 Å². The summed E-state index contributed by atoms with van der Waals surface area (Å²) in [5, 5.41) is 12.5. The molecule has 0 spiro atoms. The number of anilines is 1. The Morgan fingerprint density at radius 3 is 2.62 bits per heavy atom. The molecule has 0 bridgehead atoms. The summed E-state index contributed by atoms with van der Waals surface area (Å²) in [7, 11) is 0. The number of hydrogen-bond acceptors (Lipinski definition) is 3. The van der Waals surface area contributed by atoms with E-state index >= 15 is 0 Å². The van der Waals surface area contributed by atoms with Gasteiger partial charge in [-0.05, 0) is 37.5 Å². The van der Waals surface area contributed by atoms with Gasteiger partial charge < -0.3 is 15.3 Å². The Labute approximate surface area is 148 Å². The first-order chi connectivity index (χ1) is 11.4. The summed E-state index contributed by atoms with van der Waals surface area (Å²) in [5.74, 6) is -2.69. The highest BCUT2D eigenvalue weighted by atomic mass is 35.5. The number of hydrogen-bond donors (Lipinski definition) is 2. The van der Waals surface area contributed by atoms with E-state index in [-0.39, 0.29) is 17.9 Å². The zero-order valence-corrected chi connectivity index (χ0v) is 14.2. The summed E-state index contributed by atoms with van der Waals surface area (Å²) >= 11 is 12.1. The Balaban J connectivity index is 1.63. The van der Waals surface area contributed by atoms with Gasteiger partial charge >= 0.3 is 5.97 Å². The minimum atomic E-state index is -0.848. The predicted molar refractivity (Wildman–Crippen MR) is 89.2 cm³/mol. The number of nitrogens with one attached hydrogen (secondary N) is 1. The van der Waals surface area contributed by atoms with Crippen molar-refractivity contribution in [1.82, 2.24) is 5.32 Å². The van der Waals surface area contributed by atoms with E-state index in [1.165, 1.54) is 4.90 Å². The molecular formula is C16H16Cl2N2O4. The van der Waals surface area contributed by atoms with Gasteiger partial charge in [-0.2, -0.15) is 0 Å². The van der Waals surface area contributed by atoms with Gasteiger partial charge in [0.2, 0.25) is 11.8 Å². The van der Waals surface area contributed by atoms with Crippen LogP contribution in [-0.4, -0.2) is 35.5 Å². The molecule has 1 aliphatic heterocycles. The van der Waals surface area contributed by atoms with Crippen LogP contribution in [0.3, 0.4) is 0 Å². The third kappa shape index (κ3) is 3.21. The molecule has 3 rings (SSSR count). The molecule has 1 aliphatic carbocycles. The van der Waals surface area contributed by atoms with Crippen molar-refractivity contribution in [3.05, 3.63) is 28.2 Å². The molecular weight excluding hydrogens is 355 g/mol. The maximum Gasteiger partial charge on any atom is 0.306 e. The Morgan fingerprint density at radius 2 is 1.96 bits per heavy atom. The molecule has 1 aromatic rings. The summed E-state index contributed by atoms with van der Waals surface area (Å²) in [5.41, 5.74) is 0.499. The van der Waals surface area contributed by atoms with Crippen LogP contribution in [0.1, 0.15) is 19.3 Å². The number of halogens is 2. The van der Waals surface area contributed by atoms with Gasteiger partial charge in [0, 0.05) is 17.6 Å². The lowest BCUT2D eigenvalue weighted by Crippen LogP contribution is -2.49. The number of rotatable bonds is 4. The molecule has 1 atom stereocenters. The van der Waals surface area contributed by atoms with Crippen LogP contribution in [0.2, 0.25) is 10.0 Å². The number of aliphatic carboxylic acids is 1. The molecule has 2 fully saturated rings. The van der Waals surface area contributed by atoms with Crippen LogP contribution in [0.15, 0.2) is 18.2 Å². The monoisotopic (exact) mass is 370 g/mol. The highest BCUT2D eigenvalue weighted by Gasteiger charge is 2.41. The molecule has 1 unspecified atom stereocenters. The summed E-state index contributed by atoms with van der Waals surface area (Å²) < 4.78 is 0. The van der Waals surface area contributed by atoms with E-state index in [1.54, 1.807) is 18.2 Å². The highest BCUT2D eigenvalue weighted by Crippen LogP contribution is 2.34. The maximum atomic E-state index is 12.5. The average Bonchev–Trinajstić information content (AvgIpc) is 2.86. The van der Waals surface area contributed by atoms with Crippen LogP contribution in [-0.2, 0) is 14.4 Å². The number of benzene rings is 1. The van der Waals surface area contributed by atoms with Crippen LogP contribution in [0.5, 0.6) is 0 Å². The lowest BCUT2D eigenvalue weighted by molar-refractivity contribution is -0.146. The summed E-state index contributed by atoms with van der Waals surface area (Å²) in [6, 6.07) is 4.68. The second kappa shape index (κ2) is 6.61. The largest absolute Gasteiger partial charge is 0.481 e. The van der Waals surface area contributed by atoms with E-state index in [1.807, 2.05) is 0 Å². The van der Waals surface area contributed by atoms with E-state index in [0.717, 1.165) is 0 Å². The minimum Gasteiger partial charge on any atom is -0.481 e. The van der Waals surface area contributed by atoms with Crippen molar-refractivity contribution < 1.29 is 19.5 Å². The van der Waals surface area contributed by atoms with Crippen molar-refractivity contribution in [3.8, 4) is 0 Å². The zero-order chi connectivity index (χ0) is 17.4. The van der Waals surface area contributed by atoms with Gasteiger partial charge in [0.25, 0.3) is 0 Å². The fourth-order valence-corrected chi connectivity index (χ4v) is 3.48. The molecule has 1 saturated carbocycles. The first-order valence-electron chi connectivity index (χ1n) is 7.66. The minimum absolute atomic E-state index is 0.171. The Hall–Kier alpha value is -1.79. The highest BCUT2D eigenvalue weighted by molar-refractivity contribution is 6.36. The van der Waals surface area contributed by atoms with Gasteiger partial charge in [0.05, 0.1) is 16.6 Å². The van der Waals surface area contributed by atoms with Crippen LogP contribution in [0, 0.1) is 11.8 Å². The number of carbonyl (C=O) groups excluding carboxylic acids is 2. The van der Waals surface area contributed by atoms with E-state index in [9.17, 15) is 14.4 Å². The van der Waals surface area contributed by atoms with Crippen molar-refractivity contribution in [2.45, 2.75) is 25.3 Å². The number of nitrogens with zero attached hydrogens (tertiary/aromatic N) is 1. The summed E-state index contributed by atoms with van der Waals surface area (Å²) in [4.78, 5) is 37.1. The number of carbonyl (C=O) groups is 3. The van der Waals surface area contributed by atoms with Crippen molar-refractivity contribution in [2.24, 2.45) is 11.8 Å². The Morgan fingerprint density at radius 1 is 1.25 bits per heavy atom. The van der Waals surface area contributed by atoms with Gasteiger partial charge in [-0.1, -0.05) is 23.2 Å². The summed E-state index contributed by atoms with van der Waals surface area (Å²) in [6.07, 6.45) is 1.21. The number of amides is 2. The molecule has 2 aliphatic rings. The van der Waals surface area contributed by atoms with E-state index in [2.05, 4.69) is 5.32 Å². The third-order valence-electron chi connectivity index (χ3n) is 4.55. The molecule has 1 aromatic carbocycles. The van der Waals surface area contributed by atoms with Crippen molar-refractivity contribution in [1.29, 1.82) is 0 Å². The molecule has 6 nitrogen and oxygen atoms in total. The van der Waals surface area contributed by atoms with E-state index in [0.29, 0.717) is 41.5 Å². The Kier molecular flexibility index (Phi) is 4.69. The van der Waals surface area contributed by atoms with Gasteiger partial charge in [0.15, 0.2) is 0 Å². The molecule has 1 saturated heterocycles. The van der Waals surface area contributed by atoms with Crippen LogP contribution >= 0.6 is 23.2 Å². The fraction of sp³-hybridized carbons (Fsp3) is 0.438. The normalized spacial score (nSPS) is 26.2. The topological polar surface area (TPSA) is 86.7 Å². The van der Waals surface area contributed by atoms with Crippen LogP contribution in [0.25, 0.3) is 0 Å². The third-order valence-corrected chi connectivity index (χ3v) is 5.11. The smallest absolute Gasteiger partial charge is 0.306 e. The maximum absolute atomic E-state index is 12.5. The van der Waals surface area contributed by atoms with Crippen LogP contribution in [0.4, 0.5) is 5.69 Å².